The highest BCUT2D eigenvalue weighted by Gasteiger charge is 2.02. The van der Waals surface area contributed by atoms with Crippen molar-refractivity contribution in [2.75, 3.05) is 10.6 Å². The van der Waals surface area contributed by atoms with E-state index in [2.05, 4.69) is 25.6 Å². The minimum atomic E-state index is 0.575. The lowest BCUT2D eigenvalue weighted by molar-refractivity contribution is 1.03. The van der Waals surface area contributed by atoms with E-state index in [4.69, 9.17) is 11.6 Å². The summed E-state index contributed by atoms with van der Waals surface area (Å²) in [5.41, 5.74) is 2.15. The second-order valence-electron chi connectivity index (χ2n) is 4.92. The zero-order valence-corrected chi connectivity index (χ0v) is 13.2. The zero-order valence-electron chi connectivity index (χ0n) is 12.4. The number of aromatic nitrogens is 3. The first-order valence-corrected chi connectivity index (χ1v) is 7.62. The van der Waals surface area contributed by atoms with Gasteiger partial charge >= 0.3 is 0 Å². The minimum Gasteiger partial charge on any atom is -0.366 e. The summed E-state index contributed by atoms with van der Waals surface area (Å²) in [5.74, 6) is 1.32. The molecular weight excluding hydrogens is 310 g/mol. The molecule has 0 aliphatic rings. The van der Waals surface area contributed by atoms with Crippen LogP contribution in [0.5, 0.6) is 0 Å². The van der Waals surface area contributed by atoms with E-state index in [0.717, 1.165) is 22.0 Å². The van der Waals surface area contributed by atoms with Gasteiger partial charge in [0, 0.05) is 36.7 Å². The number of rotatable bonds is 6. The van der Waals surface area contributed by atoms with E-state index < -0.39 is 0 Å². The van der Waals surface area contributed by atoms with Crippen molar-refractivity contribution in [3.63, 3.8) is 0 Å². The van der Waals surface area contributed by atoms with Crippen LogP contribution in [0.4, 0.5) is 11.8 Å². The van der Waals surface area contributed by atoms with Crippen LogP contribution in [0.15, 0.2) is 61.1 Å². The number of hydrogen-bond donors (Lipinski definition) is 2. The number of hydrogen-bond acceptors (Lipinski definition) is 5. The van der Waals surface area contributed by atoms with Crippen LogP contribution < -0.4 is 10.6 Å². The molecule has 6 heteroatoms. The van der Waals surface area contributed by atoms with Gasteiger partial charge < -0.3 is 10.6 Å². The molecule has 0 aliphatic heterocycles. The Morgan fingerprint density at radius 1 is 0.870 bits per heavy atom. The maximum absolute atomic E-state index is 6.15. The van der Waals surface area contributed by atoms with Crippen molar-refractivity contribution in [3.05, 3.63) is 77.2 Å². The molecule has 2 heterocycles. The monoisotopic (exact) mass is 325 g/mol. The SMILES string of the molecule is Clc1ccccc1CNc1ccnc(NCc2ccncc2)n1. The smallest absolute Gasteiger partial charge is 0.224 e. The van der Waals surface area contributed by atoms with Crippen molar-refractivity contribution in [1.82, 2.24) is 15.0 Å². The van der Waals surface area contributed by atoms with Gasteiger partial charge in [-0.1, -0.05) is 29.8 Å². The van der Waals surface area contributed by atoms with E-state index in [9.17, 15) is 0 Å². The highest BCUT2D eigenvalue weighted by Crippen LogP contribution is 2.16. The molecule has 2 aromatic heterocycles. The Balaban J connectivity index is 1.60. The second-order valence-corrected chi connectivity index (χ2v) is 5.33. The maximum atomic E-state index is 6.15. The Hall–Kier alpha value is -2.66. The molecule has 3 aromatic rings. The third kappa shape index (κ3) is 4.40. The summed E-state index contributed by atoms with van der Waals surface area (Å²) in [6, 6.07) is 13.5. The summed E-state index contributed by atoms with van der Waals surface area (Å²) in [5, 5.41) is 7.19. The van der Waals surface area contributed by atoms with Crippen LogP contribution in [-0.4, -0.2) is 15.0 Å². The van der Waals surface area contributed by atoms with Gasteiger partial charge in [0.05, 0.1) is 0 Å². The molecule has 2 N–H and O–H groups in total. The fraction of sp³-hybridized carbons (Fsp3) is 0.118. The molecule has 1 aromatic carbocycles. The van der Waals surface area contributed by atoms with Crippen LogP contribution in [0.3, 0.4) is 0 Å². The molecule has 0 fully saturated rings. The van der Waals surface area contributed by atoms with Crippen molar-refractivity contribution in [3.8, 4) is 0 Å². The van der Waals surface area contributed by atoms with Crippen LogP contribution in [-0.2, 0) is 13.1 Å². The van der Waals surface area contributed by atoms with Crippen molar-refractivity contribution < 1.29 is 0 Å². The van der Waals surface area contributed by atoms with Crippen molar-refractivity contribution in [1.29, 1.82) is 0 Å². The average molecular weight is 326 g/mol. The predicted octanol–water partition coefficient (Wildman–Crippen LogP) is 3.75. The van der Waals surface area contributed by atoms with E-state index in [1.807, 2.05) is 42.5 Å². The molecule has 0 bridgehead atoms. The normalized spacial score (nSPS) is 10.3. The number of anilines is 2. The van der Waals surface area contributed by atoms with Gasteiger partial charge in [-0.15, -0.1) is 0 Å². The van der Waals surface area contributed by atoms with Gasteiger partial charge in [0.15, 0.2) is 0 Å². The number of benzene rings is 1. The van der Waals surface area contributed by atoms with Crippen LogP contribution in [0.25, 0.3) is 0 Å². The first-order valence-electron chi connectivity index (χ1n) is 7.24. The molecule has 116 valence electrons. The number of nitrogens with one attached hydrogen (secondary N) is 2. The number of halogens is 1. The van der Waals surface area contributed by atoms with E-state index >= 15 is 0 Å². The number of nitrogens with zero attached hydrogens (tertiary/aromatic N) is 3. The largest absolute Gasteiger partial charge is 0.366 e. The second kappa shape index (κ2) is 7.56. The molecular formula is C17H16ClN5. The highest BCUT2D eigenvalue weighted by molar-refractivity contribution is 6.31. The molecule has 23 heavy (non-hydrogen) atoms. The van der Waals surface area contributed by atoms with Gasteiger partial charge in [-0.2, -0.15) is 4.98 Å². The Morgan fingerprint density at radius 3 is 2.52 bits per heavy atom. The quantitative estimate of drug-likeness (QED) is 0.722. The fourth-order valence-electron chi connectivity index (χ4n) is 2.05. The first-order chi connectivity index (χ1) is 11.3. The molecule has 0 unspecified atom stereocenters. The predicted molar refractivity (Wildman–Crippen MR) is 92.4 cm³/mol. The Kier molecular flexibility index (Phi) is 5.01. The summed E-state index contributed by atoms with van der Waals surface area (Å²) >= 11 is 6.15. The summed E-state index contributed by atoms with van der Waals surface area (Å²) in [7, 11) is 0. The van der Waals surface area contributed by atoms with Gasteiger partial charge in [0.1, 0.15) is 5.82 Å². The molecule has 3 rings (SSSR count). The topological polar surface area (TPSA) is 62.7 Å². The molecule has 0 radical (unpaired) electrons. The third-order valence-electron chi connectivity index (χ3n) is 3.27. The molecule has 0 spiro atoms. The van der Waals surface area contributed by atoms with E-state index in [1.165, 1.54) is 0 Å². The third-order valence-corrected chi connectivity index (χ3v) is 3.64. The summed E-state index contributed by atoms with van der Waals surface area (Å²) in [6.45, 7) is 1.26. The Labute approximate surface area is 139 Å². The van der Waals surface area contributed by atoms with Gasteiger partial charge in [-0.25, -0.2) is 4.98 Å². The van der Waals surface area contributed by atoms with Gasteiger partial charge in [-0.05, 0) is 35.4 Å². The Morgan fingerprint density at radius 2 is 1.70 bits per heavy atom. The molecule has 0 saturated heterocycles. The van der Waals surface area contributed by atoms with Crippen molar-refractivity contribution in [2.45, 2.75) is 13.1 Å². The summed E-state index contributed by atoms with van der Waals surface area (Å²) in [6.07, 6.45) is 5.25. The van der Waals surface area contributed by atoms with E-state index in [-0.39, 0.29) is 0 Å². The van der Waals surface area contributed by atoms with Crippen LogP contribution in [0.2, 0.25) is 5.02 Å². The van der Waals surface area contributed by atoms with Crippen molar-refractivity contribution in [2.24, 2.45) is 0 Å². The first kappa shape index (κ1) is 15.2. The minimum absolute atomic E-state index is 0.575. The van der Waals surface area contributed by atoms with Gasteiger partial charge in [0.2, 0.25) is 5.95 Å². The van der Waals surface area contributed by atoms with Gasteiger partial charge in [-0.3, -0.25) is 4.98 Å². The lowest BCUT2D eigenvalue weighted by Gasteiger charge is -2.09. The molecule has 0 atom stereocenters. The van der Waals surface area contributed by atoms with E-state index in [0.29, 0.717) is 19.0 Å². The summed E-state index contributed by atoms with van der Waals surface area (Å²) in [4.78, 5) is 12.7. The van der Waals surface area contributed by atoms with Crippen LogP contribution in [0, 0.1) is 0 Å². The van der Waals surface area contributed by atoms with Crippen LogP contribution in [0.1, 0.15) is 11.1 Å². The summed E-state index contributed by atoms with van der Waals surface area (Å²) < 4.78 is 0. The van der Waals surface area contributed by atoms with E-state index in [1.54, 1.807) is 18.6 Å². The molecule has 0 aliphatic carbocycles. The zero-order chi connectivity index (χ0) is 15.9. The lowest BCUT2D eigenvalue weighted by atomic mass is 10.2. The maximum Gasteiger partial charge on any atom is 0.224 e. The molecule has 0 saturated carbocycles. The fourth-order valence-corrected chi connectivity index (χ4v) is 2.25. The lowest BCUT2D eigenvalue weighted by Crippen LogP contribution is -2.07. The average Bonchev–Trinajstić information content (AvgIpc) is 2.61. The molecule has 5 nitrogen and oxygen atoms in total. The number of pyridine rings is 1. The van der Waals surface area contributed by atoms with Gasteiger partial charge in [0.25, 0.3) is 0 Å². The molecule has 0 amide bonds. The Bertz CT molecular complexity index is 764. The van der Waals surface area contributed by atoms with Crippen LogP contribution >= 0.6 is 11.6 Å². The van der Waals surface area contributed by atoms with Crippen molar-refractivity contribution >= 4 is 23.4 Å². The highest BCUT2D eigenvalue weighted by atomic mass is 35.5. The standard InChI is InChI=1S/C17H16ClN5/c18-15-4-2-1-3-14(15)12-21-16-7-10-20-17(23-16)22-11-13-5-8-19-9-6-13/h1-10H,11-12H2,(H2,20,21,22,23).